The van der Waals surface area contributed by atoms with E-state index in [1.807, 2.05) is 4.90 Å². The van der Waals surface area contributed by atoms with E-state index in [0.29, 0.717) is 13.0 Å². The SMILES string of the molecule is CN1C[C@@H](C(=O)N2CCCN(Cc3cccs3)CC2)CC1=O. The molecule has 5 nitrogen and oxygen atoms in total. The average Bonchev–Trinajstić information content (AvgIpc) is 3.04. The topological polar surface area (TPSA) is 43.9 Å². The minimum Gasteiger partial charge on any atom is -0.345 e. The zero-order chi connectivity index (χ0) is 15.5. The molecule has 2 aliphatic heterocycles. The maximum absolute atomic E-state index is 12.6. The number of hydrogen-bond acceptors (Lipinski definition) is 4. The van der Waals surface area contributed by atoms with Crippen LogP contribution >= 0.6 is 11.3 Å². The summed E-state index contributed by atoms with van der Waals surface area (Å²) < 4.78 is 0. The van der Waals surface area contributed by atoms with Crippen molar-refractivity contribution >= 4 is 23.2 Å². The molecule has 2 amide bonds. The Morgan fingerprint density at radius 2 is 2.18 bits per heavy atom. The molecule has 22 heavy (non-hydrogen) atoms. The Hall–Kier alpha value is -1.40. The first kappa shape index (κ1) is 15.5. The molecule has 0 bridgehead atoms. The third-order valence-corrected chi connectivity index (χ3v) is 5.41. The van der Waals surface area contributed by atoms with Gasteiger partial charge in [-0.2, -0.15) is 0 Å². The number of nitrogens with zero attached hydrogens (tertiary/aromatic N) is 3. The molecule has 2 saturated heterocycles. The van der Waals surface area contributed by atoms with Gasteiger partial charge in [-0.15, -0.1) is 11.3 Å². The Bertz CT molecular complexity index is 532. The average molecular weight is 321 g/mol. The van der Waals surface area contributed by atoms with Gasteiger partial charge in [-0.25, -0.2) is 0 Å². The molecule has 120 valence electrons. The summed E-state index contributed by atoms with van der Waals surface area (Å²) in [6, 6.07) is 4.25. The van der Waals surface area contributed by atoms with E-state index in [1.54, 1.807) is 23.3 Å². The Labute approximate surface area is 135 Å². The molecule has 0 N–H and O–H groups in total. The van der Waals surface area contributed by atoms with Crippen LogP contribution in [0.3, 0.4) is 0 Å². The highest BCUT2D eigenvalue weighted by Gasteiger charge is 2.35. The van der Waals surface area contributed by atoms with Gasteiger partial charge >= 0.3 is 0 Å². The number of rotatable bonds is 3. The van der Waals surface area contributed by atoms with E-state index in [1.165, 1.54) is 4.88 Å². The fourth-order valence-electron chi connectivity index (χ4n) is 3.26. The van der Waals surface area contributed by atoms with Crippen LogP contribution in [0.4, 0.5) is 0 Å². The Morgan fingerprint density at radius 1 is 1.32 bits per heavy atom. The van der Waals surface area contributed by atoms with Gasteiger partial charge in [0, 0.05) is 57.6 Å². The monoisotopic (exact) mass is 321 g/mol. The van der Waals surface area contributed by atoms with Crippen LogP contribution in [0.5, 0.6) is 0 Å². The van der Waals surface area contributed by atoms with Gasteiger partial charge in [-0.1, -0.05) is 6.07 Å². The predicted octanol–water partition coefficient (Wildman–Crippen LogP) is 1.26. The van der Waals surface area contributed by atoms with E-state index < -0.39 is 0 Å². The van der Waals surface area contributed by atoms with Gasteiger partial charge in [0.2, 0.25) is 11.8 Å². The van der Waals surface area contributed by atoms with Gasteiger partial charge in [0.1, 0.15) is 0 Å². The molecule has 0 spiro atoms. The van der Waals surface area contributed by atoms with Crippen molar-refractivity contribution in [2.24, 2.45) is 5.92 Å². The van der Waals surface area contributed by atoms with Crippen molar-refractivity contribution < 1.29 is 9.59 Å². The van der Waals surface area contributed by atoms with Gasteiger partial charge in [-0.3, -0.25) is 14.5 Å². The summed E-state index contributed by atoms with van der Waals surface area (Å²) in [7, 11) is 1.78. The highest BCUT2D eigenvalue weighted by Crippen LogP contribution is 2.20. The number of hydrogen-bond donors (Lipinski definition) is 0. The van der Waals surface area contributed by atoms with Crippen molar-refractivity contribution in [3.8, 4) is 0 Å². The van der Waals surface area contributed by atoms with E-state index in [-0.39, 0.29) is 17.7 Å². The molecule has 1 aromatic rings. The van der Waals surface area contributed by atoms with Gasteiger partial charge in [-0.05, 0) is 17.9 Å². The number of amides is 2. The first-order valence-electron chi connectivity index (χ1n) is 7.91. The van der Waals surface area contributed by atoms with E-state index in [0.717, 1.165) is 39.1 Å². The molecular weight excluding hydrogens is 298 g/mol. The number of carbonyl (C=O) groups is 2. The standard InChI is InChI=1S/C16H23N3O2S/c1-17-11-13(10-15(17)20)16(21)19-6-3-5-18(7-8-19)12-14-4-2-9-22-14/h2,4,9,13H,3,5-8,10-12H2,1H3/t13-/m0/s1. The third-order valence-electron chi connectivity index (χ3n) is 4.55. The molecule has 2 fully saturated rings. The van der Waals surface area contributed by atoms with Crippen LogP contribution in [0.25, 0.3) is 0 Å². The van der Waals surface area contributed by atoms with Crippen LogP contribution in [-0.2, 0) is 16.1 Å². The van der Waals surface area contributed by atoms with Crippen LogP contribution in [-0.4, -0.2) is 66.3 Å². The van der Waals surface area contributed by atoms with Crippen molar-refractivity contribution in [3.05, 3.63) is 22.4 Å². The van der Waals surface area contributed by atoms with Gasteiger partial charge in [0.25, 0.3) is 0 Å². The van der Waals surface area contributed by atoms with E-state index in [4.69, 9.17) is 0 Å². The fourth-order valence-corrected chi connectivity index (χ4v) is 4.01. The number of likely N-dealkylation sites (tertiary alicyclic amines) is 1. The summed E-state index contributed by atoms with van der Waals surface area (Å²) in [6.45, 7) is 5.09. The zero-order valence-corrected chi connectivity index (χ0v) is 13.8. The summed E-state index contributed by atoms with van der Waals surface area (Å²) >= 11 is 1.79. The summed E-state index contributed by atoms with van der Waals surface area (Å²) in [4.78, 5) is 31.6. The lowest BCUT2D eigenvalue weighted by atomic mass is 10.1. The molecule has 0 unspecified atom stereocenters. The van der Waals surface area contributed by atoms with Gasteiger partial charge in [0.15, 0.2) is 0 Å². The maximum Gasteiger partial charge on any atom is 0.228 e. The fraction of sp³-hybridized carbons (Fsp3) is 0.625. The predicted molar refractivity (Wildman–Crippen MR) is 86.5 cm³/mol. The molecule has 0 saturated carbocycles. The Balaban J connectivity index is 1.54. The van der Waals surface area contributed by atoms with E-state index >= 15 is 0 Å². The van der Waals surface area contributed by atoms with Crippen molar-refractivity contribution in [2.75, 3.05) is 39.8 Å². The smallest absolute Gasteiger partial charge is 0.228 e. The zero-order valence-electron chi connectivity index (χ0n) is 13.0. The minimum atomic E-state index is -0.138. The largest absolute Gasteiger partial charge is 0.345 e. The summed E-state index contributed by atoms with van der Waals surface area (Å²) in [5, 5.41) is 2.11. The number of thiophene rings is 1. The maximum atomic E-state index is 12.6. The first-order chi connectivity index (χ1) is 10.6. The van der Waals surface area contributed by atoms with Crippen LogP contribution in [0.15, 0.2) is 17.5 Å². The molecule has 1 aromatic heterocycles. The normalized spacial score (nSPS) is 23.9. The first-order valence-corrected chi connectivity index (χ1v) is 8.79. The van der Waals surface area contributed by atoms with Crippen molar-refractivity contribution in [2.45, 2.75) is 19.4 Å². The van der Waals surface area contributed by atoms with Crippen LogP contribution in [0.2, 0.25) is 0 Å². The second kappa shape index (κ2) is 6.79. The van der Waals surface area contributed by atoms with Crippen LogP contribution < -0.4 is 0 Å². The Morgan fingerprint density at radius 3 is 2.86 bits per heavy atom. The summed E-state index contributed by atoms with van der Waals surface area (Å²) in [6.07, 6.45) is 1.39. The summed E-state index contributed by atoms with van der Waals surface area (Å²) in [5.41, 5.74) is 0. The third kappa shape index (κ3) is 3.50. The van der Waals surface area contributed by atoms with Crippen LogP contribution in [0, 0.1) is 5.92 Å². The molecule has 0 aliphatic carbocycles. The quantitative estimate of drug-likeness (QED) is 0.842. The minimum absolute atomic E-state index is 0.0903. The van der Waals surface area contributed by atoms with Crippen molar-refractivity contribution in [1.82, 2.24) is 14.7 Å². The van der Waals surface area contributed by atoms with E-state index in [9.17, 15) is 9.59 Å². The van der Waals surface area contributed by atoms with Gasteiger partial charge in [0.05, 0.1) is 5.92 Å². The molecule has 1 atom stereocenters. The summed E-state index contributed by atoms with van der Waals surface area (Å²) in [5.74, 6) is 0.115. The lowest BCUT2D eigenvalue weighted by Crippen LogP contribution is -2.39. The molecule has 0 aromatic carbocycles. The lowest BCUT2D eigenvalue weighted by Gasteiger charge is -2.24. The Kier molecular flexibility index (Phi) is 4.78. The van der Waals surface area contributed by atoms with Crippen LogP contribution in [0.1, 0.15) is 17.7 Å². The van der Waals surface area contributed by atoms with Crippen molar-refractivity contribution in [3.63, 3.8) is 0 Å². The highest BCUT2D eigenvalue weighted by atomic mass is 32.1. The second-order valence-electron chi connectivity index (χ2n) is 6.21. The second-order valence-corrected chi connectivity index (χ2v) is 7.24. The lowest BCUT2D eigenvalue weighted by molar-refractivity contribution is -0.135. The molecule has 3 heterocycles. The molecular formula is C16H23N3O2S. The molecule has 3 rings (SSSR count). The van der Waals surface area contributed by atoms with Crippen molar-refractivity contribution in [1.29, 1.82) is 0 Å². The molecule has 0 radical (unpaired) electrons. The molecule has 6 heteroatoms. The molecule has 2 aliphatic rings. The number of carbonyl (C=O) groups excluding carboxylic acids is 2. The van der Waals surface area contributed by atoms with Gasteiger partial charge < -0.3 is 9.80 Å². The van der Waals surface area contributed by atoms with E-state index in [2.05, 4.69) is 22.4 Å². The highest BCUT2D eigenvalue weighted by molar-refractivity contribution is 7.09.